The Hall–Kier alpha value is -0.110. The highest BCUT2D eigenvalue weighted by atomic mass is 33.1. The van der Waals surface area contributed by atoms with Crippen molar-refractivity contribution in [3.05, 3.63) is 0 Å². The van der Waals surface area contributed by atoms with Crippen LogP contribution >= 0.6 is 21.8 Å². The summed E-state index contributed by atoms with van der Waals surface area (Å²) in [6, 6.07) is 0. The SMILES string of the molecule is NCC(O)CSSNC(=O)O. The van der Waals surface area contributed by atoms with Gasteiger partial charge in [0, 0.05) is 23.3 Å². The van der Waals surface area contributed by atoms with Crippen LogP contribution in [-0.4, -0.2) is 34.7 Å². The maximum atomic E-state index is 9.88. The monoisotopic (exact) mass is 198 g/mol. The van der Waals surface area contributed by atoms with Crippen molar-refractivity contribution < 1.29 is 15.0 Å². The molecule has 1 atom stereocenters. The molecule has 0 aromatic rings. The van der Waals surface area contributed by atoms with Crippen LogP contribution in [0.4, 0.5) is 4.79 Å². The number of aliphatic hydroxyl groups excluding tert-OH is 1. The van der Waals surface area contributed by atoms with Gasteiger partial charge in [0.1, 0.15) is 0 Å². The van der Waals surface area contributed by atoms with E-state index < -0.39 is 12.2 Å². The summed E-state index contributed by atoms with van der Waals surface area (Å²) in [4.78, 5) is 9.88. The molecule has 0 bridgehead atoms. The van der Waals surface area contributed by atoms with E-state index in [-0.39, 0.29) is 6.54 Å². The van der Waals surface area contributed by atoms with Gasteiger partial charge in [-0.3, -0.25) is 4.72 Å². The molecule has 0 radical (unpaired) electrons. The van der Waals surface area contributed by atoms with Crippen LogP contribution in [0.15, 0.2) is 0 Å². The fraction of sp³-hybridized carbons (Fsp3) is 0.750. The number of rotatable bonds is 5. The summed E-state index contributed by atoms with van der Waals surface area (Å²) in [5.41, 5.74) is 5.10. The zero-order valence-corrected chi connectivity index (χ0v) is 7.32. The Kier molecular flexibility index (Phi) is 6.52. The topological polar surface area (TPSA) is 95.6 Å². The summed E-state index contributed by atoms with van der Waals surface area (Å²) < 4.78 is 2.07. The third kappa shape index (κ3) is 7.79. The molecule has 0 aliphatic carbocycles. The molecule has 5 N–H and O–H groups in total. The second kappa shape index (κ2) is 6.59. The van der Waals surface area contributed by atoms with E-state index in [1.807, 2.05) is 0 Å². The lowest BCUT2D eigenvalue weighted by molar-refractivity contribution is 0.201. The molecule has 0 saturated heterocycles. The molecule has 1 unspecified atom stereocenters. The lowest BCUT2D eigenvalue weighted by Gasteiger charge is -2.04. The average molecular weight is 198 g/mol. The van der Waals surface area contributed by atoms with E-state index in [0.717, 1.165) is 11.0 Å². The lowest BCUT2D eigenvalue weighted by Crippen LogP contribution is -2.22. The molecule has 0 aliphatic heterocycles. The highest BCUT2D eigenvalue weighted by Crippen LogP contribution is 2.17. The van der Waals surface area contributed by atoms with Gasteiger partial charge in [0.15, 0.2) is 0 Å². The van der Waals surface area contributed by atoms with Crippen molar-refractivity contribution in [3.63, 3.8) is 0 Å². The molecule has 0 heterocycles. The van der Waals surface area contributed by atoms with Crippen molar-refractivity contribution in [2.24, 2.45) is 5.73 Å². The van der Waals surface area contributed by atoms with Gasteiger partial charge in [0.05, 0.1) is 6.10 Å². The third-order valence-electron chi connectivity index (χ3n) is 0.720. The molecule has 66 valence electrons. The number of hydrogen-bond donors (Lipinski definition) is 4. The normalized spacial score (nSPS) is 12.5. The van der Waals surface area contributed by atoms with Crippen molar-refractivity contribution in [2.75, 3.05) is 12.3 Å². The van der Waals surface area contributed by atoms with Crippen molar-refractivity contribution in [1.29, 1.82) is 0 Å². The van der Waals surface area contributed by atoms with E-state index in [0.29, 0.717) is 5.75 Å². The number of hydrogen-bond acceptors (Lipinski definition) is 5. The van der Waals surface area contributed by atoms with E-state index in [9.17, 15) is 4.79 Å². The first-order valence-corrected chi connectivity index (χ1v) is 5.14. The van der Waals surface area contributed by atoms with Crippen LogP contribution in [0.3, 0.4) is 0 Å². The third-order valence-corrected chi connectivity index (χ3v) is 2.63. The minimum absolute atomic E-state index is 0.195. The van der Waals surface area contributed by atoms with E-state index in [4.69, 9.17) is 15.9 Å². The largest absolute Gasteiger partial charge is 0.464 e. The molecule has 0 aromatic heterocycles. The number of carboxylic acid groups (broad SMARTS) is 1. The predicted octanol–water partition coefficient (Wildman–Crippen LogP) is -0.130. The summed E-state index contributed by atoms with van der Waals surface area (Å²) in [6.07, 6.45) is -1.66. The van der Waals surface area contributed by atoms with Gasteiger partial charge in [0.2, 0.25) is 0 Å². The van der Waals surface area contributed by atoms with Gasteiger partial charge in [-0.25, -0.2) is 4.79 Å². The Bertz CT molecular complexity index is 124. The van der Waals surface area contributed by atoms with Gasteiger partial charge < -0.3 is 15.9 Å². The first-order chi connectivity index (χ1) is 5.16. The molecule has 1 amide bonds. The van der Waals surface area contributed by atoms with Crippen LogP contribution in [0.25, 0.3) is 0 Å². The standard InChI is InChI=1S/C4H10N2O3S2/c5-1-3(7)2-10-11-6-4(8)9/h3,6-7H,1-2,5H2,(H,8,9). The summed E-state index contributed by atoms with van der Waals surface area (Å²) in [5, 5.41) is 17.0. The summed E-state index contributed by atoms with van der Waals surface area (Å²) in [6.45, 7) is 0.195. The van der Waals surface area contributed by atoms with E-state index >= 15 is 0 Å². The van der Waals surface area contributed by atoms with Crippen molar-refractivity contribution in [1.82, 2.24) is 4.72 Å². The molecule has 0 aromatic carbocycles. The molecule has 11 heavy (non-hydrogen) atoms. The molecule has 0 saturated carbocycles. The highest BCUT2D eigenvalue weighted by Gasteiger charge is 2.01. The summed E-state index contributed by atoms with van der Waals surface area (Å²) in [5.74, 6) is 0.418. The van der Waals surface area contributed by atoms with Gasteiger partial charge in [-0.05, 0) is 0 Å². The molecular formula is C4H10N2O3S2. The van der Waals surface area contributed by atoms with Gasteiger partial charge in [0.25, 0.3) is 0 Å². The second-order valence-electron chi connectivity index (χ2n) is 1.66. The quantitative estimate of drug-likeness (QED) is 0.279. The minimum Gasteiger partial charge on any atom is -0.464 e. The lowest BCUT2D eigenvalue weighted by atomic mass is 10.4. The smallest absolute Gasteiger partial charge is 0.415 e. The number of nitrogens with one attached hydrogen (secondary N) is 1. The molecule has 0 aliphatic rings. The number of aliphatic hydroxyl groups is 1. The van der Waals surface area contributed by atoms with Gasteiger partial charge in [-0.15, -0.1) is 0 Å². The fourth-order valence-electron chi connectivity index (χ4n) is 0.246. The van der Waals surface area contributed by atoms with Crippen LogP contribution in [0.5, 0.6) is 0 Å². The fourth-order valence-corrected chi connectivity index (χ4v) is 1.80. The Labute approximate surface area is 72.3 Å². The van der Waals surface area contributed by atoms with E-state index in [1.54, 1.807) is 0 Å². The van der Waals surface area contributed by atoms with Crippen molar-refractivity contribution in [3.8, 4) is 0 Å². The van der Waals surface area contributed by atoms with E-state index in [2.05, 4.69) is 4.72 Å². The molecular weight excluding hydrogens is 188 g/mol. The zero-order valence-electron chi connectivity index (χ0n) is 5.69. The number of carbonyl (C=O) groups is 1. The predicted molar refractivity (Wildman–Crippen MR) is 46.3 cm³/mol. The molecule has 0 spiro atoms. The zero-order chi connectivity index (χ0) is 8.69. The first kappa shape index (κ1) is 10.9. The maximum Gasteiger partial charge on any atom is 0.415 e. The number of nitrogens with two attached hydrogens (primary N) is 1. The van der Waals surface area contributed by atoms with Gasteiger partial charge in [-0.1, -0.05) is 10.8 Å². The highest BCUT2D eigenvalue weighted by molar-refractivity contribution is 8.76. The number of amides is 1. The Morgan fingerprint density at radius 3 is 2.82 bits per heavy atom. The Balaban J connectivity index is 3.08. The first-order valence-electron chi connectivity index (χ1n) is 2.82. The maximum absolute atomic E-state index is 9.88. The van der Waals surface area contributed by atoms with Crippen molar-refractivity contribution in [2.45, 2.75) is 6.10 Å². The molecule has 7 heteroatoms. The molecule has 5 nitrogen and oxygen atoms in total. The summed E-state index contributed by atoms with van der Waals surface area (Å²) >= 11 is 0. The Morgan fingerprint density at radius 1 is 1.73 bits per heavy atom. The Morgan fingerprint density at radius 2 is 2.36 bits per heavy atom. The average Bonchev–Trinajstić information content (AvgIpc) is 1.97. The van der Waals surface area contributed by atoms with Gasteiger partial charge >= 0.3 is 6.09 Å². The van der Waals surface area contributed by atoms with Crippen LogP contribution < -0.4 is 10.5 Å². The van der Waals surface area contributed by atoms with Crippen LogP contribution in [0, 0.1) is 0 Å². The minimum atomic E-state index is -1.09. The summed E-state index contributed by atoms with van der Waals surface area (Å²) in [7, 11) is 2.17. The van der Waals surface area contributed by atoms with E-state index in [1.165, 1.54) is 10.8 Å². The molecule has 0 rings (SSSR count). The van der Waals surface area contributed by atoms with Crippen LogP contribution in [0.2, 0.25) is 0 Å². The second-order valence-corrected chi connectivity index (χ2v) is 3.81. The van der Waals surface area contributed by atoms with Crippen LogP contribution in [-0.2, 0) is 0 Å². The van der Waals surface area contributed by atoms with Crippen molar-refractivity contribution >= 4 is 27.9 Å². The van der Waals surface area contributed by atoms with Gasteiger partial charge in [-0.2, -0.15) is 0 Å². The van der Waals surface area contributed by atoms with Crippen LogP contribution in [0.1, 0.15) is 0 Å². The molecule has 0 fully saturated rings.